The van der Waals surface area contributed by atoms with Crippen LogP contribution in [0.15, 0.2) is 270 Å². The second kappa shape index (κ2) is 16.7. The maximum absolute atomic E-state index is 6.65. The Balaban J connectivity index is 0.820. The van der Waals surface area contributed by atoms with Gasteiger partial charge in [0, 0.05) is 49.7 Å². The highest BCUT2D eigenvalue weighted by atomic mass is 16.3. The van der Waals surface area contributed by atoms with Crippen LogP contribution in [0.25, 0.3) is 121 Å². The minimum atomic E-state index is 0.899. The Hall–Kier alpha value is -9.44. The molecule has 2 aromatic heterocycles. The maximum atomic E-state index is 6.65. The molecule has 12 aromatic carbocycles. The molecule has 0 N–H and O–H groups in total. The summed E-state index contributed by atoms with van der Waals surface area (Å²) < 4.78 is 13.3. The number of rotatable bonds is 8. The quantitative estimate of drug-likeness (QED) is 0.152. The molecule has 2 heterocycles. The Morgan fingerprint density at radius 3 is 0.958 bits per heavy atom. The minimum absolute atomic E-state index is 0.899. The van der Waals surface area contributed by atoms with Crippen LogP contribution in [0.4, 0.5) is 17.1 Å². The van der Waals surface area contributed by atoms with Crippen molar-refractivity contribution in [2.24, 2.45) is 0 Å². The van der Waals surface area contributed by atoms with Crippen LogP contribution in [-0.2, 0) is 0 Å². The Bertz CT molecular complexity index is 4080. The Morgan fingerprint density at radius 2 is 0.549 bits per heavy atom. The number of nitrogens with zero attached hydrogens (tertiary/aromatic N) is 1. The summed E-state index contributed by atoms with van der Waals surface area (Å²) in [4.78, 5) is 2.33. The molecule has 0 saturated carbocycles. The molecule has 0 spiro atoms. The molecule has 0 saturated heterocycles. The molecule has 3 heteroatoms. The van der Waals surface area contributed by atoms with Crippen LogP contribution >= 0.6 is 0 Å². The fourth-order valence-electron chi connectivity index (χ4n) is 10.8. The highest BCUT2D eigenvalue weighted by Crippen LogP contribution is 2.44. The van der Waals surface area contributed by atoms with Gasteiger partial charge < -0.3 is 13.7 Å². The number of fused-ring (bicyclic) bond motifs is 10. The second-order valence-corrected chi connectivity index (χ2v) is 18.4. The number of furan rings is 2. The largest absolute Gasteiger partial charge is 0.455 e. The van der Waals surface area contributed by atoms with E-state index in [1.54, 1.807) is 0 Å². The number of hydrogen-bond acceptors (Lipinski definition) is 3. The summed E-state index contributed by atoms with van der Waals surface area (Å²) in [7, 11) is 0. The van der Waals surface area contributed by atoms with Crippen LogP contribution in [0.2, 0.25) is 0 Å². The molecule has 0 bridgehead atoms. The molecule has 0 atom stereocenters. The van der Waals surface area contributed by atoms with Gasteiger partial charge in [-0.05, 0) is 115 Å². The predicted molar refractivity (Wildman–Crippen MR) is 298 cm³/mol. The number of para-hydroxylation sites is 2. The van der Waals surface area contributed by atoms with Gasteiger partial charge in [-0.25, -0.2) is 0 Å². The van der Waals surface area contributed by atoms with Gasteiger partial charge >= 0.3 is 0 Å². The summed E-state index contributed by atoms with van der Waals surface area (Å²) in [5, 5.41) is 9.38. The summed E-state index contributed by atoms with van der Waals surface area (Å²) in [6, 6.07) is 93.4. The van der Waals surface area contributed by atoms with Gasteiger partial charge in [0.2, 0.25) is 0 Å². The van der Waals surface area contributed by atoms with E-state index in [-0.39, 0.29) is 0 Å². The first-order chi connectivity index (χ1) is 35.2. The van der Waals surface area contributed by atoms with E-state index in [9.17, 15) is 0 Å². The lowest BCUT2D eigenvalue weighted by molar-refractivity contribution is 0.670. The van der Waals surface area contributed by atoms with Gasteiger partial charge in [-0.3, -0.25) is 0 Å². The molecular formula is C68H43NO2. The summed E-state index contributed by atoms with van der Waals surface area (Å²) in [5.74, 6) is 0. The summed E-state index contributed by atoms with van der Waals surface area (Å²) in [6.45, 7) is 0. The molecule has 0 unspecified atom stereocenters. The molecular weight excluding hydrogens is 863 g/mol. The van der Waals surface area contributed by atoms with Crippen LogP contribution in [0.1, 0.15) is 0 Å². The Kier molecular flexibility index (Phi) is 9.53. The van der Waals surface area contributed by atoms with Crippen LogP contribution in [0.3, 0.4) is 0 Å². The normalized spacial score (nSPS) is 11.7. The van der Waals surface area contributed by atoms with E-state index < -0.39 is 0 Å². The number of benzene rings is 12. The molecule has 14 rings (SSSR count). The lowest BCUT2D eigenvalue weighted by atomic mass is 9.98. The van der Waals surface area contributed by atoms with E-state index in [4.69, 9.17) is 8.83 Å². The van der Waals surface area contributed by atoms with Gasteiger partial charge in [-0.15, -0.1) is 0 Å². The molecule has 0 amide bonds. The SMILES string of the molecule is c1ccc(-c2ccc(-c3ccc(-c4ccc(N(c5ccc(-c6cccc7c6oc6ccc8ccccc8c67)cc5)c5ccc(-c6cccc7c6oc6ccc8ccccc8c67)cc5)cc4)cc3)cc2)cc1. The van der Waals surface area contributed by atoms with Crippen LogP contribution < -0.4 is 4.90 Å². The molecule has 0 fully saturated rings. The van der Waals surface area contributed by atoms with Gasteiger partial charge in [0.1, 0.15) is 22.3 Å². The zero-order valence-corrected chi connectivity index (χ0v) is 38.6. The fourth-order valence-corrected chi connectivity index (χ4v) is 10.8. The fraction of sp³-hybridized carbons (Fsp3) is 0. The smallest absolute Gasteiger partial charge is 0.143 e. The summed E-state index contributed by atoms with van der Waals surface area (Å²) in [6.07, 6.45) is 0. The van der Waals surface area contributed by atoms with E-state index in [0.717, 1.165) is 88.8 Å². The number of hydrogen-bond donors (Lipinski definition) is 0. The molecule has 0 radical (unpaired) electrons. The first kappa shape index (κ1) is 40.6. The highest BCUT2D eigenvalue weighted by Gasteiger charge is 2.19. The lowest BCUT2D eigenvalue weighted by Crippen LogP contribution is -2.09. The third-order valence-corrected chi connectivity index (χ3v) is 14.3. The van der Waals surface area contributed by atoms with Crippen molar-refractivity contribution in [3.63, 3.8) is 0 Å². The van der Waals surface area contributed by atoms with E-state index in [1.807, 2.05) is 0 Å². The lowest BCUT2D eigenvalue weighted by Gasteiger charge is -2.26. The molecule has 14 aromatic rings. The Labute approximate surface area is 410 Å². The summed E-state index contributed by atoms with van der Waals surface area (Å²) >= 11 is 0. The van der Waals surface area contributed by atoms with Crippen molar-refractivity contribution in [1.29, 1.82) is 0 Å². The zero-order valence-electron chi connectivity index (χ0n) is 38.6. The average Bonchev–Trinajstić information content (AvgIpc) is 4.04. The molecule has 0 aliphatic heterocycles. The standard InChI is InChI=1S/C68H43NO2/c1-2-10-44(11-3-1)45-20-22-46(23-21-45)47-24-26-48(27-25-47)49-28-36-54(37-29-49)69(55-38-30-52(31-39-55)59-16-8-18-61-65-57-14-6-4-12-50(57)34-42-63(65)70-67(59)61)56-40-32-53(33-41-56)60-17-9-19-62-66-58-15-7-5-13-51(58)35-43-64(66)71-68(60)62/h1-43H. The van der Waals surface area contributed by atoms with E-state index >= 15 is 0 Å². The van der Waals surface area contributed by atoms with E-state index in [1.165, 1.54) is 49.4 Å². The van der Waals surface area contributed by atoms with Crippen molar-refractivity contribution >= 4 is 82.5 Å². The molecule has 332 valence electrons. The van der Waals surface area contributed by atoms with Crippen molar-refractivity contribution in [3.8, 4) is 55.6 Å². The van der Waals surface area contributed by atoms with Crippen molar-refractivity contribution in [2.75, 3.05) is 4.90 Å². The predicted octanol–water partition coefficient (Wildman–Crippen LogP) is 19.6. The number of anilines is 3. The van der Waals surface area contributed by atoms with Gasteiger partial charge in [0.05, 0.1) is 0 Å². The van der Waals surface area contributed by atoms with Crippen LogP contribution in [-0.4, -0.2) is 0 Å². The Morgan fingerprint density at radius 1 is 0.225 bits per heavy atom. The topological polar surface area (TPSA) is 29.5 Å². The molecule has 0 aliphatic rings. The van der Waals surface area contributed by atoms with Crippen molar-refractivity contribution < 1.29 is 8.83 Å². The zero-order chi connectivity index (χ0) is 46.8. The molecule has 71 heavy (non-hydrogen) atoms. The second-order valence-electron chi connectivity index (χ2n) is 18.4. The average molecular weight is 906 g/mol. The molecule has 0 aliphatic carbocycles. The first-order valence-corrected chi connectivity index (χ1v) is 24.2. The minimum Gasteiger partial charge on any atom is -0.455 e. The van der Waals surface area contributed by atoms with Crippen molar-refractivity contribution in [3.05, 3.63) is 261 Å². The third-order valence-electron chi connectivity index (χ3n) is 14.3. The molecule has 3 nitrogen and oxygen atoms in total. The maximum Gasteiger partial charge on any atom is 0.143 e. The van der Waals surface area contributed by atoms with Gasteiger partial charge in [-0.1, -0.05) is 212 Å². The van der Waals surface area contributed by atoms with Crippen LogP contribution in [0, 0.1) is 0 Å². The first-order valence-electron chi connectivity index (χ1n) is 24.2. The third kappa shape index (κ3) is 6.97. The monoisotopic (exact) mass is 905 g/mol. The van der Waals surface area contributed by atoms with Gasteiger partial charge in [-0.2, -0.15) is 0 Å². The van der Waals surface area contributed by atoms with E-state index in [0.29, 0.717) is 0 Å². The highest BCUT2D eigenvalue weighted by molar-refractivity contribution is 6.22. The van der Waals surface area contributed by atoms with E-state index in [2.05, 4.69) is 266 Å². The van der Waals surface area contributed by atoms with Crippen molar-refractivity contribution in [2.45, 2.75) is 0 Å². The van der Waals surface area contributed by atoms with Crippen LogP contribution in [0.5, 0.6) is 0 Å². The summed E-state index contributed by atoms with van der Waals surface area (Å²) in [5.41, 5.74) is 18.2. The van der Waals surface area contributed by atoms with Gasteiger partial charge in [0.25, 0.3) is 0 Å². The van der Waals surface area contributed by atoms with Gasteiger partial charge in [0.15, 0.2) is 0 Å². The van der Waals surface area contributed by atoms with Crippen molar-refractivity contribution in [1.82, 2.24) is 0 Å².